The summed E-state index contributed by atoms with van der Waals surface area (Å²) >= 11 is 3.43. The SMILES string of the molecule is O=C1CC(c2ccccc2)CC(O)=C1C(CCc1noc2c1C(=O)CCC2)=Nc1ccc(Br)cc1. The van der Waals surface area contributed by atoms with Crippen molar-refractivity contribution < 1.29 is 19.2 Å². The highest BCUT2D eigenvalue weighted by molar-refractivity contribution is 9.10. The number of aliphatic hydroxyl groups is 1. The Bertz CT molecular complexity index is 1320. The lowest BCUT2D eigenvalue weighted by atomic mass is 9.80. The van der Waals surface area contributed by atoms with Crippen molar-refractivity contribution >= 4 is 38.9 Å². The van der Waals surface area contributed by atoms with E-state index in [1.54, 1.807) is 0 Å². The molecule has 1 unspecified atom stereocenters. The van der Waals surface area contributed by atoms with Gasteiger partial charge in [-0.1, -0.05) is 51.4 Å². The summed E-state index contributed by atoms with van der Waals surface area (Å²) in [6, 6.07) is 17.2. The van der Waals surface area contributed by atoms with Gasteiger partial charge in [0.05, 0.1) is 28.2 Å². The normalized spacial score (nSPS) is 18.7. The van der Waals surface area contributed by atoms with Crippen LogP contribution in [-0.2, 0) is 17.6 Å². The molecule has 1 aromatic heterocycles. The number of aliphatic hydroxyl groups excluding tert-OH is 1. The number of ketones is 2. The molecule has 178 valence electrons. The molecule has 5 rings (SSSR count). The van der Waals surface area contributed by atoms with Gasteiger partial charge in [0.1, 0.15) is 11.5 Å². The third kappa shape index (κ3) is 5.05. The maximum atomic E-state index is 13.3. The second-order valence-electron chi connectivity index (χ2n) is 9.00. The van der Waals surface area contributed by atoms with Gasteiger partial charge in [0.15, 0.2) is 11.6 Å². The number of aromatic nitrogens is 1. The molecular weight excluding hydrogens is 508 g/mol. The fourth-order valence-electron chi connectivity index (χ4n) is 4.88. The minimum absolute atomic E-state index is 0.0513. The molecule has 0 aliphatic heterocycles. The lowest BCUT2D eigenvalue weighted by Crippen LogP contribution is -2.24. The Balaban J connectivity index is 1.47. The summed E-state index contributed by atoms with van der Waals surface area (Å²) in [7, 11) is 0. The molecule has 0 radical (unpaired) electrons. The van der Waals surface area contributed by atoms with Gasteiger partial charge in [0.25, 0.3) is 0 Å². The predicted octanol–water partition coefficient (Wildman–Crippen LogP) is 6.62. The van der Waals surface area contributed by atoms with Crippen LogP contribution in [-0.4, -0.2) is 27.5 Å². The van der Waals surface area contributed by atoms with Crippen molar-refractivity contribution in [1.82, 2.24) is 5.16 Å². The summed E-state index contributed by atoms with van der Waals surface area (Å²) < 4.78 is 6.35. The summed E-state index contributed by atoms with van der Waals surface area (Å²) in [5, 5.41) is 15.2. The monoisotopic (exact) mass is 532 g/mol. The van der Waals surface area contributed by atoms with Gasteiger partial charge in [-0.25, -0.2) is 0 Å². The van der Waals surface area contributed by atoms with Crippen LogP contribution in [0.1, 0.15) is 65.4 Å². The van der Waals surface area contributed by atoms with Crippen molar-refractivity contribution in [1.29, 1.82) is 0 Å². The van der Waals surface area contributed by atoms with Gasteiger partial charge in [-0.2, -0.15) is 0 Å². The largest absolute Gasteiger partial charge is 0.511 e. The number of aryl methyl sites for hydroxylation is 2. The summed E-state index contributed by atoms with van der Waals surface area (Å²) in [5.41, 5.74) is 3.67. The molecule has 2 aliphatic carbocycles. The quantitative estimate of drug-likeness (QED) is 0.360. The van der Waals surface area contributed by atoms with E-state index in [2.05, 4.69) is 21.1 Å². The van der Waals surface area contributed by atoms with E-state index in [9.17, 15) is 14.7 Å². The zero-order valence-corrected chi connectivity index (χ0v) is 20.8. The average Bonchev–Trinajstić information content (AvgIpc) is 3.28. The lowest BCUT2D eigenvalue weighted by Gasteiger charge is -2.24. The highest BCUT2D eigenvalue weighted by Crippen LogP contribution is 2.35. The molecule has 0 amide bonds. The van der Waals surface area contributed by atoms with E-state index in [-0.39, 0.29) is 28.8 Å². The zero-order chi connectivity index (χ0) is 24.4. The predicted molar refractivity (Wildman–Crippen MR) is 136 cm³/mol. The van der Waals surface area contributed by atoms with Crippen LogP contribution in [0.5, 0.6) is 0 Å². The molecule has 7 heteroatoms. The number of halogens is 1. The Hall–Kier alpha value is -3.32. The maximum Gasteiger partial charge on any atom is 0.168 e. The number of benzene rings is 2. The molecule has 1 heterocycles. The topological polar surface area (TPSA) is 92.8 Å². The molecular formula is C28H25BrN2O4. The number of hydrogen-bond acceptors (Lipinski definition) is 6. The van der Waals surface area contributed by atoms with Crippen LogP contribution >= 0.6 is 15.9 Å². The zero-order valence-electron chi connectivity index (χ0n) is 19.2. The van der Waals surface area contributed by atoms with E-state index >= 15 is 0 Å². The van der Waals surface area contributed by atoms with E-state index in [1.807, 2.05) is 54.6 Å². The summed E-state index contributed by atoms with van der Waals surface area (Å²) in [6.45, 7) is 0. The Kier molecular flexibility index (Phi) is 6.77. The van der Waals surface area contributed by atoms with Gasteiger partial charge in [-0.15, -0.1) is 0 Å². The fourth-order valence-corrected chi connectivity index (χ4v) is 5.15. The van der Waals surface area contributed by atoms with E-state index in [0.29, 0.717) is 66.9 Å². The number of carbonyl (C=O) groups excluding carboxylic acids is 2. The number of hydrogen-bond donors (Lipinski definition) is 1. The van der Waals surface area contributed by atoms with Gasteiger partial charge in [0.2, 0.25) is 0 Å². The van der Waals surface area contributed by atoms with Crippen molar-refractivity contribution in [3.8, 4) is 0 Å². The van der Waals surface area contributed by atoms with Crippen LogP contribution in [0.15, 0.2) is 79.9 Å². The molecule has 1 atom stereocenters. The molecule has 2 aromatic carbocycles. The van der Waals surface area contributed by atoms with E-state index in [1.165, 1.54) is 0 Å². The van der Waals surface area contributed by atoms with Crippen LogP contribution in [0.4, 0.5) is 5.69 Å². The lowest BCUT2D eigenvalue weighted by molar-refractivity contribution is -0.116. The molecule has 0 fully saturated rings. The number of allylic oxidation sites excluding steroid dienone is 2. The molecule has 6 nitrogen and oxygen atoms in total. The minimum Gasteiger partial charge on any atom is -0.511 e. The van der Waals surface area contributed by atoms with E-state index in [4.69, 9.17) is 9.52 Å². The number of fused-ring (bicyclic) bond motifs is 1. The molecule has 3 aromatic rings. The van der Waals surface area contributed by atoms with Crippen LogP contribution in [0.25, 0.3) is 0 Å². The van der Waals surface area contributed by atoms with Crippen LogP contribution in [0.3, 0.4) is 0 Å². The van der Waals surface area contributed by atoms with Gasteiger partial charge in [-0.05, 0) is 55.0 Å². The molecule has 1 N–H and O–H groups in total. The van der Waals surface area contributed by atoms with Crippen molar-refractivity contribution in [3.05, 3.63) is 93.0 Å². The number of Topliss-reactive ketones (excluding diaryl/α,β-unsaturated/α-hetero) is 2. The first-order valence-electron chi connectivity index (χ1n) is 11.8. The third-order valence-electron chi connectivity index (χ3n) is 6.61. The second-order valence-corrected chi connectivity index (χ2v) is 9.92. The number of rotatable bonds is 6. The maximum absolute atomic E-state index is 13.3. The van der Waals surface area contributed by atoms with Crippen molar-refractivity contribution in [2.24, 2.45) is 4.99 Å². The van der Waals surface area contributed by atoms with E-state index in [0.717, 1.165) is 16.5 Å². The Labute approximate surface area is 211 Å². The summed E-state index contributed by atoms with van der Waals surface area (Å²) in [5.74, 6) is 0.557. The first-order valence-corrected chi connectivity index (χ1v) is 12.6. The molecule has 35 heavy (non-hydrogen) atoms. The van der Waals surface area contributed by atoms with Crippen LogP contribution < -0.4 is 0 Å². The third-order valence-corrected chi connectivity index (χ3v) is 7.14. The smallest absolute Gasteiger partial charge is 0.168 e. The Morgan fingerprint density at radius 3 is 2.54 bits per heavy atom. The fraction of sp³-hybridized carbons (Fsp3) is 0.286. The standard InChI is InChI=1S/C28H25BrN2O4/c29-19-9-11-20(12-10-19)30-21(13-14-22-28-23(32)7-4-8-26(28)35-31-22)27-24(33)15-18(16-25(27)34)17-5-2-1-3-6-17/h1-3,5-6,9-12,18,33H,4,7-8,13-16H2. The molecule has 0 bridgehead atoms. The van der Waals surface area contributed by atoms with Gasteiger partial charge >= 0.3 is 0 Å². The van der Waals surface area contributed by atoms with Gasteiger partial charge in [0, 0.05) is 30.2 Å². The minimum atomic E-state index is -0.128. The first-order chi connectivity index (χ1) is 17.0. The van der Waals surface area contributed by atoms with Crippen molar-refractivity contribution in [2.45, 2.75) is 50.9 Å². The van der Waals surface area contributed by atoms with Crippen molar-refractivity contribution in [3.63, 3.8) is 0 Å². The van der Waals surface area contributed by atoms with Crippen LogP contribution in [0.2, 0.25) is 0 Å². The average molecular weight is 533 g/mol. The molecule has 0 saturated carbocycles. The molecule has 0 spiro atoms. The number of aliphatic imine (C=N–C) groups is 1. The number of nitrogens with zero attached hydrogens (tertiary/aromatic N) is 2. The number of carbonyl (C=O) groups is 2. The van der Waals surface area contributed by atoms with Crippen LogP contribution in [0, 0.1) is 0 Å². The van der Waals surface area contributed by atoms with Crippen molar-refractivity contribution in [2.75, 3.05) is 0 Å². The second kappa shape index (κ2) is 10.1. The Morgan fingerprint density at radius 2 is 1.80 bits per heavy atom. The molecule has 2 aliphatic rings. The summed E-state index contributed by atoms with van der Waals surface area (Å²) in [6.07, 6.45) is 3.40. The molecule has 0 saturated heterocycles. The first kappa shape index (κ1) is 23.4. The summed E-state index contributed by atoms with van der Waals surface area (Å²) in [4.78, 5) is 30.6. The van der Waals surface area contributed by atoms with Gasteiger partial charge < -0.3 is 9.63 Å². The Morgan fingerprint density at radius 1 is 1.03 bits per heavy atom. The van der Waals surface area contributed by atoms with Gasteiger partial charge in [-0.3, -0.25) is 14.6 Å². The van der Waals surface area contributed by atoms with E-state index < -0.39 is 0 Å². The highest BCUT2D eigenvalue weighted by atomic mass is 79.9. The highest BCUT2D eigenvalue weighted by Gasteiger charge is 2.32.